The van der Waals surface area contributed by atoms with E-state index in [0.29, 0.717) is 16.8 Å². The molecule has 2 fully saturated rings. The van der Waals surface area contributed by atoms with Gasteiger partial charge in [0.1, 0.15) is 5.76 Å². The molecule has 2 saturated heterocycles. The van der Waals surface area contributed by atoms with Crippen molar-refractivity contribution < 1.29 is 14.7 Å². The van der Waals surface area contributed by atoms with Crippen LogP contribution in [0.2, 0.25) is 0 Å². The van der Waals surface area contributed by atoms with Gasteiger partial charge in [-0.2, -0.15) is 0 Å². The monoisotopic (exact) mass is 489 g/mol. The number of amides is 1. The molecule has 6 heteroatoms. The third kappa shape index (κ3) is 4.14. The summed E-state index contributed by atoms with van der Waals surface area (Å²) in [6.07, 6.45) is 6.86. The maximum absolute atomic E-state index is 13.4. The number of ketones is 1. The number of fused-ring (bicyclic) bond motifs is 1. The zero-order valence-electron chi connectivity index (χ0n) is 20.4. The minimum absolute atomic E-state index is 0.0755. The van der Waals surface area contributed by atoms with E-state index in [0.717, 1.165) is 29.5 Å². The van der Waals surface area contributed by atoms with Gasteiger partial charge in [0.05, 0.1) is 11.6 Å². The number of benzene rings is 3. The van der Waals surface area contributed by atoms with Crippen LogP contribution in [-0.4, -0.2) is 34.9 Å². The third-order valence-corrected chi connectivity index (χ3v) is 7.34. The van der Waals surface area contributed by atoms with Gasteiger partial charge >= 0.3 is 0 Å². The number of pyridine rings is 1. The van der Waals surface area contributed by atoms with Gasteiger partial charge in [-0.3, -0.25) is 19.5 Å². The fourth-order valence-corrected chi connectivity index (χ4v) is 5.43. The standard InChI is InChI=1S/C31H27N3O3/c35-29(24-9-8-21-6-2-3-7-23(21)20-24)27-28(22-14-16-32-17-15-22)34(31(37)30(27)36)26-12-10-25(11-13-26)33-18-4-1-5-19-33/h2-3,6-17,20,28,35H,1,4-5,18-19H2/b29-27-. The van der Waals surface area contributed by atoms with Crippen molar-refractivity contribution in [3.63, 3.8) is 0 Å². The summed E-state index contributed by atoms with van der Waals surface area (Å²) in [7, 11) is 0. The zero-order chi connectivity index (χ0) is 25.4. The first kappa shape index (κ1) is 23.0. The maximum Gasteiger partial charge on any atom is 0.300 e. The molecule has 0 saturated carbocycles. The SMILES string of the molecule is O=C1C(=O)N(c2ccc(N3CCCCC3)cc2)C(c2ccncc2)/C1=C(/O)c1ccc2ccccc2c1. The molecule has 0 bridgehead atoms. The Morgan fingerprint density at radius 2 is 1.46 bits per heavy atom. The zero-order valence-corrected chi connectivity index (χ0v) is 20.4. The molecule has 1 aromatic heterocycles. The molecule has 37 heavy (non-hydrogen) atoms. The van der Waals surface area contributed by atoms with Gasteiger partial charge in [-0.05, 0) is 78.1 Å². The second kappa shape index (κ2) is 9.54. The van der Waals surface area contributed by atoms with Crippen LogP contribution in [0.25, 0.3) is 16.5 Å². The molecule has 1 amide bonds. The van der Waals surface area contributed by atoms with E-state index in [1.807, 2.05) is 60.7 Å². The molecule has 184 valence electrons. The second-order valence-electron chi connectivity index (χ2n) is 9.58. The van der Waals surface area contributed by atoms with Crippen LogP contribution in [-0.2, 0) is 9.59 Å². The first-order valence-electron chi connectivity index (χ1n) is 12.7. The summed E-state index contributed by atoms with van der Waals surface area (Å²) < 4.78 is 0. The maximum atomic E-state index is 13.4. The number of rotatable bonds is 4. The summed E-state index contributed by atoms with van der Waals surface area (Å²) in [6, 6.07) is 23.9. The molecular formula is C31H27N3O3. The van der Waals surface area contributed by atoms with Crippen LogP contribution < -0.4 is 9.80 Å². The average molecular weight is 490 g/mol. The Hall–Kier alpha value is -4.45. The highest BCUT2D eigenvalue weighted by Crippen LogP contribution is 2.42. The smallest absolute Gasteiger partial charge is 0.300 e. The normalized spacial score (nSPS) is 19.5. The number of hydrogen-bond donors (Lipinski definition) is 1. The van der Waals surface area contributed by atoms with Gasteiger partial charge in [0, 0.05) is 42.4 Å². The molecule has 0 aliphatic carbocycles. The van der Waals surface area contributed by atoms with Gasteiger partial charge in [0.15, 0.2) is 0 Å². The van der Waals surface area contributed by atoms with Crippen molar-refractivity contribution >= 4 is 39.6 Å². The fraction of sp³-hybridized carbons (Fsp3) is 0.194. The van der Waals surface area contributed by atoms with Gasteiger partial charge < -0.3 is 10.0 Å². The Balaban J connectivity index is 1.45. The summed E-state index contributed by atoms with van der Waals surface area (Å²) in [5.41, 5.74) is 3.00. The number of anilines is 2. The molecule has 6 nitrogen and oxygen atoms in total. The Bertz CT molecular complexity index is 1510. The number of carbonyl (C=O) groups is 2. The molecule has 1 N–H and O–H groups in total. The molecule has 2 aliphatic heterocycles. The van der Waals surface area contributed by atoms with Gasteiger partial charge in [-0.25, -0.2) is 0 Å². The van der Waals surface area contributed by atoms with E-state index < -0.39 is 17.7 Å². The van der Waals surface area contributed by atoms with Crippen LogP contribution in [0.15, 0.2) is 96.8 Å². The molecule has 1 atom stereocenters. The van der Waals surface area contributed by atoms with E-state index in [9.17, 15) is 14.7 Å². The van der Waals surface area contributed by atoms with Crippen LogP contribution in [0.4, 0.5) is 11.4 Å². The van der Waals surface area contributed by atoms with Crippen molar-refractivity contribution in [3.05, 3.63) is 108 Å². The van der Waals surface area contributed by atoms with Gasteiger partial charge in [0.25, 0.3) is 11.7 Å². The van der Waals surface area contributed by atoms with Crippen LogP contribution >= 0.6 is 0 Å². The Morgan fingerprint density at radius 1 is 0.784 bits per heavy atom. The van der Waals surface area contributed by atoms with Crippen LogP contribution in [0.1, 0.15) is 36.4 Å². The number of aliphatic hydroxyl groups is 1. The van der Waals surface area contributed by atoms with E-state index in [2.05, 4.69) is 9.88 Å². The minimum Gasteiger partial charge on any atom is -0.507 e. The van der Waals surface area contributed by atoms with Crippen LogP contribution in [0, 0.1) is 0 Å². The molecule has 3 heterocycles. The predicted molar refractivity (Wildman–Crippen MR) is 145 cm³/mol. The Labute approximate surface area is 215 Å². The minimum atomic E-state index is -0.768. The van der Waals surface area contributed by atoms with E-state index in [4.69, 9.17) is 0 Å². The summed E-state index contributed by atoms with van der Waals surface area (Å²) >= 11 is 0. The molecule has 3 aromatic carbocycles. The molecule has 4 aromatic rings. The first-order chi connectivity index (χ1) is 18.1. The lowest BCUT2D eigenvalue weighted by atomic mass is 9.95. The Kier molecular flexibility index (Phi) is 5.93. The number of aliphatic hydroxyl groups excluding tert-OH is 1. The van der Waals surface area contributed by atoms with Gasteiger partial charge in [-0.15, -0.1) is 0 Å². The van der Waals surface area contributed by atoms with Crippen molar-refractivity contribution in [1.82, 2.24) is 4.98 Å². The van der Waals surface area contributed by atoms with Crippen molar-refractivity contribution in [2.45, 2.75) is 25.3 Å². The quantitative estimate of drug-likeness (QED) is 0.221. The number of nitrogens with zero attached hydrogens (tertiary/aromatic N) is 3. The molecule has 0 spiro atoms. The number of Topliss-reactive ketones (excluding diaryl/α,β-unsaturated/α-hetero) is 1. The van der Waals surface area contributed by atoms with Crippen molar-refractivity contribution in [1.29, 1.82) is 0 Å². The highest BCUT2D eigenvalue weighted by Gasteiger charge is 2.47. The summed E-state index contributed by atoms with van der Waals surface area (Å²) in [5.74, 6) is -1.54. The summed E-state index contributed by atoms with van der Waals surface area (Å²) in [4.78, 5) is 34.8. The van der Waals surface area contributed by atoms with Crippen LogP contribution in [0.5, 0.6) is 0 Å². The topological polar surface area (TPSA) is 73.7 Å². The first-order valence-corrected chi connectivity index (χ1v) is 12.7. The van der Waals surface area contributed by atoms with E-state index >= 15 is 0 Å². The number of carbonyl (C=O) groups excluding carboxylic acids is 2. The predicted octanol–water partition coefficient (Wildman–Crippen LogP) is 5.85. The lowest BCUT2D eigenvalue weighted by molar-refractivity contribution is -0.132. The summed E-state index contributed by atoms with van der Waals surface area (Å²) in [6.45, 7) is 2.04. The molecule has 2 aliphatic rings. The summed E-state index contributed by atoms with van der Waals surface area (Å²) in [5, 5.41) is 13.4. The highest BCUT2D eigenvalue weighted by molar-refractivity contribution is 6.51. The molecule has 6 rings (SSSR count). The number of aromatic nitrogens is 1. The number of piperidine rings is 1. The third-order valence-electron chi connectivity index (χ3n) is 7.34. The second-order valence-corrected chi connectivity index (χ2v) is 9.58. The van der Waals surface area contributed by atoms with E-state index in [1.165, 1.54) is 24.2 Å². The van der Waals surface area contributed by atoms with Crippen molar-refractivity contribution in [2.24, 2.45) is 0 Å². The molecule has 0 radical (unpaired) electrons. The van der Waals surface area contributed by atoms with Gasteiger partial charge in [-0.1, -0.05) is 36.4 Å². The van der Waals surface area contributed by atoms with Crippen molar-refractivity contribution in [2.75, 3.05) is 22.9 Å². The van der Waals surface area contributed by atoms with E-state index in [1.54, 1.807) is 30.6 Å². The molecule has 1 unspecified atom stereocenters. The van der Waals surface area contributed by atoms with E-state index in [-0.39, 0.29) is 11.3 Å². The lowest BCUT2D eigenvalue weighted by Gasteiger charge is -2.30. The highest BCUT2D eigenvalue weighted by atomic mass is 16.3. The van der Waals surface area contributed by atoms with Gasteiger partial charge in [0.2, 0.25) is 0 Å². The fourth-order valence-electron chi connectivity index (χ4n) is 5.43. The van der Waals surface area contributed by atoms with Crippen molar-refractivity contribution in [3.8, 4) is 0 Å². The molecular weight excluding hydrogens is 462 g/mol. The average Bonchev–Trinajstić information content (AvgIpc) is 3.23. The van der Waals surface area contributed by atoms with Crippen LogP contribution in [0.3, 0.4) is 0 Å². The Morgan fingerprint density at radius 3 is 2.19 bits per heavy atom. The largest absolute Gasteiger partial charge is 0.507 e. The lowest BCUT2D eigenvalue weighted by Crippen LogP contribution is -2.30. The number of hydrogen-bond acceptors (Lipinski definition) is 5.